The van der Waals surface area contributed by atoms with Crippen LogP contribution in [0, 0.1) is 0 Å². The Morgan fingerprint density at radius 3 is 2.29 bits per heavy atom. The normalized spacial score (nSPS) is 16.4. The number of carbonyl (C=O) groups is 2. The topological polar surface area (TPSA) is 58.5 Å². The Kier molecular flexibility index (Phi) is 6.99. The fraction of sp³-hybridized carbons (Fsp3) is 0.348. The number of nitrogens with one attached hydrogen (secondary N) is 1. The highest BCUT2D eigenvalue weighted by Crippen LogP contribution is 2.22. The highest BCUT2D eigenvalue weighted by molar-refractivity contribution is 6.42. The van der Waals surface area contributed by atoms with Gasteiger partial charge in [-0.2, -0.15) is 0 Å². The molecule has 5 heteroatoms. The third kappa shape index (κ3) is 5.29. The zero-order valence-electron chi connectivity index (χ0n) is 16.0. The van der Waals surface area contributed by atoms with E-state index in [-0.39, 0.29) is 23.6 Å². The second-order valence-electron chi connectivity index (χ2n) is 7.25. The lowest BCUT2D eigenvalue weighted by Crippen LogP contribution is -2.42. The number of carbonyl (C=O) groups excluding carboxylic acids is 2. The number of hydrogen-bond acceptors (Lipinski definition) is 2. The van der Waals surface area contributed by atoms with Crippen LogP contribution in [0.15, 0.2) is 59.6 Å². The number of amides is 2. The molecule has 4 nitrogen and oxygen atoms in total. The summed E-state index contributed by atoms with van der Waals surface area (Å²) in [5, 5.41) is 3.72. The molecular formula is C23H25ClN2O2. The fourth-order valence-electron chi connectivity index (χ4n) is 3.51. The zero-order chi connectivity index (χ0) is 19.9. The van der Waals surface area contributed by atoms with Crippen molar-refractivity contribution in [3.63, 3.8) is 0 Å². The molecule has 1 fully saturated rings. The molecule has 2 aromatic carbocycles. The second-order valence-corrected chi connectivity index (χ2v) is 7.69. The highest BCUT2D eigenvalue weighted by Gasteiger charge is 2.25. The van der Waals surface area contributed by atoms with Crippen molar-refractivity contribution in [3.05, 3.63) is 70.7 Å². The van der Waals surface area contributed by atoms with E-state index in [4.69, 9.17) is 11.6 Å². The van der Waals surface area contributed by atoms with Crippen molar-refractivity contribution in [1.29, 1.82) is 0 Å². The highest BCUT2D eigenvalue weighted by atomic mass is 35.5. The molecule has 1 atom stereocenters. The van der Waals surface area contributed by atoms with Gasteiger partial charge in [0.25, 0.3) is 11.8 Å². The Morgan fingerprint density at radius 1 is 1.00 bits per heavy atom. The number of rotatable bonds is 5. The molecule has 1 N–H and O–H groups in total. The van der Waals surface area contributed by atoms with Gasteiger partial charge >= 0.3 is 0 Å². The van der Waals surface area contributed by atoms with E-state index in [9.17, 15) is 9.59 Å². The number of aliphatic imine (C=N–C) groups is 1. The molecule has 0 bridgehead atoms. The van der Waals surface area contributed by atoms with E-state index in [2.05, 4.69) is 10.3 Å². The summed E-state index contributed by atoms with van der Waals surface area (Å²) in [5.41, 5.74) is 1.60. The molecule has 1 saturated carbocycles. The summed E-state index contributed by atoms with van der Waals surface area (Å²) in [6.45, 7) is 1.89. The molecule has 3 rings (SSSR count). The standard InChI is InChI=1S/C23H25ClN2O2/c1-16(17-12-14-19(24)15-13-17)21(23(28)25-20-10-6-3-7-11-20)26-22(27)18-8-4-2-5-9-18/h2,4-5,8-9,12-16,20H,3,6-7,10-11H2,1H3,(H,25,28). The van der Waals surface area contributed by atoms with Crippen molar-refractivity contribution in [2.45, 2.75) is 51.0 Å². The molecule has 1 aliphatic rings. The van der Waals surface area contributed by atoms with Crippen LogP contribution in [-0.4, -0.2) is 23.6 Å². The average molecular weight is 397 g/mol. The van der Waals surface area contributed by atoms with Crippen LogP contribution in [0.4, 0.5) is 0 Å². The van der Waals surface area contributed by atoms with Crippen LogP contribution in [0.25, 0.3) is 0 Å². The van der Waals surface area contributed by atoms with Gasteiger partial charge in [-0.05, 0) is 42.7 Å². The van der Waals surface area contributed by atoms with Gasteiger partial charge in [0.15, 0.2) is 0 Å². The summed E-state index contributed by atoms with van der Waals surface area (Å²) in [6, 6.07) is 16.3. The second kappa shape index (κ2) is 9.65. The van der Waals surface area contributed by atoms with Gasteiger partial charge in [-0.25, -0.2) is 4.99 Å². The maximum Gasteiger partial charge on any atom is 0.277 e. The number of hydrogen-bond donors (Lipinski definition) is 1. The number of halogens is 1. The van der Waals surface area contributed by atoms with Crippen molar-refractivity contribution in [2.24, 2.45) is 4.99 Å². The van der Waals surface area contributed by atoms with Gasteiger partial charge in [-0.15, -0.1) is 0 Å². The Hall–Kier alpha value is -2.46. The molecule has 0 aliphatic heterocycles. The first-order valence-electron chi connectivity index (χ1n) is 9.79. The monoisotopic (exact) mass is 396 g/mol. The molecular weight excluding hydrogens is 372 g/mol. The predicted octanol–water partition coefficient (Wildman–Crippen LogP) is 5.17. The summed E-state index contributed by atoms with van der Waals surface area (Å²) in [5.74, 6) is -0.998. The molecule has 28 heavy (non-hydrogen) atoms. The summed E-state index contributed by atoms with van der Waals surface area (Å²) >= 11 is 5.99. The van der Waals surface area contributed by atoms with E-state index in [1.165, 1.54) is 6.42 Å². The zero-order valence-corrected chi connectivity index (χ0v) is 16.8. The maximum atomic E-state index is 13.0. The van der Waals surface area contributed by atoms with Gasteiger partial charge in [0.05, 0.1) is 0 Å². The van der Waals surface area contributed by atoms with Gasteiger partial charge in [0.1, 0.15) is 5.71 Å². The van der Waals surface area contributed by atoms with Crippen LogP contribution in [0.1, 0.15) is 60.9 Å². The van der Waals surface area contributed by atoms with Crippen molar-refractivity contribution in [2.75, 3.05) is 0 Å². The summed E-state index contributed by atoms with van der Waals surface area (Å²) < 4.78 is 0. The lowest BCUT2D eigenvalue weighted by molar-refractivity contribution is -0.115. The van der Waals surface area contributed by atoms with E-state index in [0.717, 1.165) is 31.2 Å². The van der Waals surface area contributed by atoms with Crippen molar-refractivity contribution in [3.8, 4) is 0 Å². The lowest BCUT2D eigenvalue weighted by Gasteiger charge is -2.24. The minimum absolute atomic E-state index is 0.149. The number of benzene rings is 2. The third-order valence-corrected chi connectivity index (χ3v) is 5.45. The average Bonchev–Trinajstić information content (AvgIpc) is 2.73. The minimum atomic E-state index is -0.407. The van der Waals surface area contributed by atoms with E-state index in [1.54, 1.807) is 36.4 Å². The Morgan fingerprint density at radius 2 is 1.64 bits per heavy atom. The molecule has 0 saturated heterocycles. The molecule has 0 radical (unpaired) electrons. The van der Waals surface area contributed by atoms with Gasteiger partial charge in [-0.3, -0.25) is 9.59 Å². The van der Waals surface area contributed by atoms with Gasteiger partial charge in [-0.1, -0.05) is 68.1 Å². The van der Waals surface area contributed by atoms with E-state index in [0.29, 0.717) is 10.6 Å². The molecule has 2 amide bonds. The smallest absolute Gasteiger partial charge is 0.277 e. The van der Waals surface area contributed by atoms with Crippen molar-refractivity contribution in [1.82, 2.24) is 5.32 Å². The molecule has 1 unspecified atom stereocenters. The van der Waals surface area contributed by atoms with E-state index < -0.39 is 5.91 Å². The third-order valence-electron chi connectivity index (χ3n) is 5.20. The van der Waals surface area contributed by atoms with Crippen LogP contribution in [0.2, 0.25) is 5.02 Å². The summed E-state index contributed by atoms with van der Waals surface area (Å²) in [7, 11) is 0. The predicted molar refractivity (Wildman–Crippen MR) is 113 cm³/mol. The molecule has 0 heterocycles. The molecule has 2 aromatic rings. The largest absolute Gasteiger partial charge is 0.348 e. The maximum absolute atomic E-state index is 13.0. The van der Waals surface area contributed by atoms with Crippen LogP contribution in [0.3, 0.4) is 0 Å². The lowest BCUT2D eigenvalue weighted by atomic mass is 9.93. The summed E-state index contributed by atoms with van der Waals surface area (Å²) in [4.78, 5) is 29.9. The molecule has 146 valence electrons. The van der Waals surface area contributed by atoms with Gasteiger partial charge in [0.2, 0.25) is 0 Å². The first-order valence-corrected chi connectivity index (χ1v) is 10.2. The van der Waals surface area contributed by atoms with Crippen LogP contribution >= 0.6 is 11.6 Å². The van der Waals surface area contributed by atoms with Crippen molar-refractivity contribution < 1.29 is 9.59 Å². The quantitative estimate of drug-likeness (QED) is 0.708. The van der Waals surface area contributed by atoms with Gasteiger partial charge in [0, 0.05) is 22.5 Å². The number of nitrogens with zero attached hydrogens (tertiary/aromatic N) is 1. The minimum Gasteiger partial charge on any atom is -0.348 e. The van der Waals surface area contributed by atoms with E-state index >= 15 is 0 Å². The Labute approximate surface area is 171 Å². The van der Waals surface area contributed by atoms with Crippen LogP contribution < -0.4 is 5.32 Å². The molecule has 0 spiro atoms. The molecule has 0 aromatic heterocycles. The molecule has 1 aliphatic carbocycles. The summed E-state index contributed by atoms with van der Waals surface area (Å²) in [6.07, 6.45) is 5.39. The first kappa shape index (κ1) is 20.3. The van der Waals surface area contributed by atoms with Crippen molar-refractivity contribution >= 4 is 29.1 Å². The van der Waals surface area contributed by atoms with E-state index in [1.807, 2.05) is 25.1 Å². The van der Waals surface area contributed by atoms with Gasteiger partial charge < -0.3 is 5.32 Å². The first-order chi connectivity index (χ1) is 13.5. The SMILES string of the molecule is CC(C(=NC(=O)c1ccccc1)C(=O)NC1CCCCC1)c1ccc(Cl)cc1. The Bertz CT molecular complexity index is 841. The Balaban J connectivity index is 1.88. The van der Waals surface area contributed by atoms with Crippen LogP contribution in [-0.2, 0) is 4.79 Å². The fourth-order valence-corrected chi connectivity index (χ4v) is 3.64. The van der Waals surface area contributed by atoms with Crippen LogP contribution in [0.5, 0.6) is 0 Å².